The summed E-state index contributed by atoms with van der Waals surface area (Å²) in [4.78, 5) is 3.84. The van der Waals surface area contributed by atoms with E-state index in [4.69, 9.17) is 10.8 Å². The molecule has 0 saturated carbocycles. The number of hydrogen-bond acceptors (Lipinski definition) is 6. The Kier molecular flexibility index (Phi) is 4.63. The highest BCUT2D eigenvalue weighted by molar-refractivity contribution is 5.41. The number of aromatic nitrogens is 1. The lowest BCUT2D eigenvalue weighted by Crippen LogP contribution is -2.29. The Morgan fingerprint density at radius 2 is 2.19 bits per heavy atom. The van der Waals surface area contributed by atoms with Gasteiger partial charge < -0.3 is 26.4 Å². The number of nitrogens with zero attached hydrogens (tertiary/aromatic N) is 1. The van der Waals surface area contributed by atoms with Crippen molar-refractivity contribution in [2.45, 2.75) is 18.8 Å². The zero-order valence-electron chi connectivity index (χ0n) is 9.09. The highest BCUT2D eigenvalue weighted by Gasteiger charge is 2.18. The van der Waals surface area contributed by atoms with Crippen LogP contribution >= 0.6 is 0 Å². The van der Waals surface area contributed by atoms with Crippen LogP contribution in [0.1, 0.15) is 17.2 Å². The van der Waals surface area contributed by atoms with E-state index in [0.29, 0.717) is 11.1 Å². The van der Waals surface area contributed by atoms with E-state index in [2.05, 4.69) is 10.3 Å². The fourth-order valence-electron chi connectivity index (χ4n) is 1.37. The van der Waals surface area contributed by atoms with Crippen LogP contribution in [-0.4, -0.2) is 40.0 Å². The maximum absolute atomic E-state index is 9.78. The van der Waals surface area contributed by atoms with Gasteiger partial charge in [0.15, 0.2) is 0 Å². The lowest BCUT2D eigenvalue weighted by molar-refractivity contribution is 0.0199. The van der Waals surface area contributed by atoms with Crippen LogP contribution in [0.4, 0.5) is 5.82 Å². The number of nitrogen functional groups attached to an aromatic ring is 1. The first-order valence-corrected chi connectivity index (χ1v) is 4.96. The van der Waals surface area contributed by atoms with Crippen molar-refractivity contribution < 1.29 is 15.3 Å². The lowest BCUT2D eigenvalue weighted by atomic mass is 10.0. The third-order valence-corrected chi connectivity index (χ3v) is 2.31. The second kappa shape index (κ2) is 5.76. The maximum atomic E-state index is 9.78. The molecule has 0 aliphatic heterocycles. The Balaban J connectivity index is 2.87. The molecule has 1 heterocycles. The molecule has 0 aliphatic rings. The molecule has 1 rings (SSSR count). The van der Waals surface area contributed by atoms with Gasteiger partial charge in [0, 0.05) is 23.9 Å². The number of pyridine rings is 1. The lowest BCUT2D eigenvalue weighted by Gasteiger charge is -2.18. The van der Waals surface area contributed by atoms with Crippen LogP contribution in [0, 0.1) is 0 Å². The van der Waals surface area contributed by atoms with Crippen molar-refractivity contribution in [3.63, 3.8) is 0 Å². The van der Waals surface area contributed by atoms with E-state index in [9.17, 15) is 10.2 Å². The molecule has 2 atom stereocenters. The summed E-state index contributed by atoms with van der Waals surface area (Å²) >= 11 is 0. The fraction of sp³-hybridized carbons (Fsp3) is 0.500. The van der Waals surface area contributed by atoms with Gasteiger partial charge in [0.1, 0.15) is 11.9 Å². The van der Waals surface area contributed by atoms with Gasteiger partial charge in [0.2, 0.25) is 0 Å². The standard InChI is InChI=1S/C10H17N3O3/c1-12-4-8(15)9(16)6-2-7(5-14)10(11)13-3-6/h2-3,8-9,12,14-16H,4-5H2,1H3,(H2,11,13). The predicted molar refractivity (Wildman–Crippen MR) is 59.5 cm³/mol. The van der Waals surface area contributed by atoms with Gasteiger partial charge in [-0.05, 0) is 13.1 Å². The van der Waals surface area contributed by atoms with E-state index in [1.165, 1.54) is 12.3 Å². The summed E-state index contributed by atoms with van der Waals surface area (Å²) < 4.78 is 0. The third-order valence-electron chi connectivity index (χ3n) is 2.31. The monoisotopic (exact) mass is 227 g/mol. The minimum absolute atomic E-state index is 0.224. The predicted octanol–water partition coefficient (Wildman–Crippen LogP) is -1.23. The van der Waals surface area contributed by atoms with Crippen LogP contribution in [0.3, 0.4) is 0 Å². The minimum atomic E-state index is -1.05. The van der Waals surface area contributed by atoms with Gasteiger partial charge in [0.25, 0.3) is 0 Å². The number of rotatable bonds is 5. The second-order valence-electron chi connectivity index (χ2n) is 3.54. The first-order valence-electron chi connectivity index (χ1n) is 4.96. The average molecular weight is 227 g/mol. The SMILES string of the molecule is CNCC(O)C(O)c1cnc(N)c(CO)c1. The largest absolute Gasteiger partial charge is 0.392 e. The molecule has 1 aromatic heterocycles. The normalized spacial score (nSPS) is 14.8. The van der Waals surface area contributed by atoms with Crippen molar-refractivity contribution in [2.24, 2.45) is 0 Å². The van der Waals surface area contributed by atoms with Crippen molar-refractivity contribution in [3.05, 3.63) is 23.4 Å². The zero-order chi connectivity index (χ0) is 12.1. The topological polar surface area (TPSA) is 112 Å². The zero-order valence-corrected chi connectivity index (χ0v) is 9.09. The van der Waals surface area contributed by atoms with Gasteiger partial charge in [0.05, 0.1) is 12.7 Å². The van der Waals surface area contributed by atoms with Crippen molar-refractivity contribution in [2.75, 3.05) is 19.3 Å². The minimum Gasteiger partial charge on any atom is -0.392 e. The Bertz CT molecular complexity index is 346. The Labute approximate surface area is 93.7 Å². The highest BCUT2D eigenvalue weighted by atomic mass is 16.3. The van der Waals surface area contributed by atoms with Crippen LogP contribution in [0.25, 0.3) is 0 Å². The number of aliphatic hydroxyl groups excluding tert-OH is 3. The van der Waals surface area contributed by atoms with Crippen LogP contribution in [-0.2, 0) is 6.61 Å². The summed E-state index contributed by atoms with van der Waals surface area (Å²) in [6.45, 7) is 0.0154. The summed E-state index contributed by atoms with van der Waals surface area (Å²) in [6, 6.07) is 1.53. The number of aliphatic hydroxyl groups is 3. The fourth-order valence-corrected chi connectivity index (χ4v) is 1.37. The van der Waals surface area contributed by atoms with Crippen LogP contribution < -0.4 is 11.1 Å². The highest BCUT2D eigenvalue weighted by Crippen LogP contribution is 2.19. The molecule has 0 radical (unpaired) electrons. The molecule has 0 saturated heterocycles. The number of hydrogen-bond donors (Lipinski definition) is 5. The Morgan fingerprint density at radius 1 is 1.50 bits per heavy atom. The molecule has 0 fully saturated rings. The molecule has 16 heavy (non-hydrogen) atoms. The Morgan fingerprint density at radius 3 is 2.75 bits per heavy atom. The van der Waals surface area contributed by atoms with Crippen molar-refractivity contribution in [1.82, 2.24) is 10.3 Å². The number of likely N-dealkylation sites (N-methyl/N-ethyl adjacent to an activating group) is 1. The molecule has 6 heteroatoms. The van der Waals surface area contributed by atoms with Crippen LogP contribution in [0.5, 0.6) is 0 Å². The van der Waals surface area contributed by atoms with Gasteiger partial charge >= 0.3 is 0 Å². The van der Waals surface area contributed by atoms with Crippen molar-refractivity contribution in [3.8, 4) is 0 Å². The number of nitrogens with one attached hydrogen (secondary N) is 1. The van der Waals surface area contributed by atoms with Crippen molar-refractivity contribution >= 4 is 5.82 Å². The summed E-state index contributed by atoms with van der Waals surface area (Å²) in [7, 11) is 1.68. The van der Waals surface area contributed by atoms with Gasteiger partial charge in [-0.2, -0.15) is 0 Å². The third kappa shape index (κ3) is 2.89. The summed E-state index contributed by atoms with van der Waals surface area (Å²) in [5.74, 6) is 0.224. The molecule has 0 spiro atoms. The van der Waals surface area contributed by atoms with E-state index in [1.807, 2.05) is 0 Å². The van der Waals surface area contributed by atoms with E-state index in [-0.39, 0.29) is 19.0 Å². The molecule has 90 valence electrons. The first kappa shape index (κ1) is 12.9. The summed E-state index contributed by atoms with van der Waals surface area (Å²) in [5, 5.41) is 31.1. The first-order chi connectivity index (χ1) is 7.60. The molecule has 6 nitrogen and oxygen atoms in total. The molecule has 1 aromatic rings. The van der Waals surface area contributed by atoms with Crippen LogP contribution in [0.2, 0.25) is 0 Å². The molecule has 2 unspecified atom stereocenters. The van der Waals surface area contributed by atoms with Gasteiger partial charge in [-0.15, -0.1) is 0 Å². The second-order valence-corrected chi connectivity index (χ2v) is 3.54. The smallest absolute Gasteiger partial charge is 0.128 e. The van der Waals surface area contributed by atoms with Crippen LogP contribution in [0.15, 0.2) is 12.3 Å². The molecule has 0 amide bonds. The Hall–Kier alpha value is -1.21. The molecular weight excluding hydrogens is 210 g/mol. The molecule has 0 aromatic carbocycles. The molecule has 0 bridgehead atoms. The molecule has 6 N–H and O–H groups in total. The van der Waals surface area contributed by atoms with E-state index < -0.39 is 12.2 Å². The quantitative estimate of drug-likeness (QED) is 0.430. The van der Waals surface area contributed by atoms with Crippen molar-refractivity contribution in [1.29, 1.82) is 0 Å². The molecule has 0 aliphatic carbocycles. The average Bonchev–Trinajstić information content (AvgIpc) is 2.29. The number of nitrogens with two attached hydrogens (primary N) is 1. The summed E-state index contributed by atoms with van der Waals surface area (Å²) in [5.41, 5.74) is 6.38. The van der Waals surface area contributed by atoms with E-state index in [1.54, 1.807) is 7.05 Å². The van der Waals surface area contributed by atoms with E-state index in [0.717, 1.165) is 0 Å². The number of anilines is 1. The van der Waals surface area contributed by atoms with E-state index >= 15 is 0 Å². The van der Waals surface area contributed by atoms with Gasteiger partial charge in [-0.25, -0.2) is 4.98 Å². The van der Waals surface area contributed by atoms with Gasteiger partial charge in [-0.3, -0.25) is 0 Å². The molecular formula is C10H17N3O3. The maximum Gasteiger partial charge on any atom is 0.128 e. The van der Waals surface area contributed by atoms with Gasteiger partial charge in [-0.1, -0.05) is 0 Å². The summed E-state index contributed by atoms with van der Waals surface area (Å²) in [6.07, 6.45) is -0.592.